The van der Waals surface area contributed by atoms with Crippen molar-refractivity contribution in [2.45, 2.75) is 39.2 Å². The Kier molecular flexibility index (Phi) is 5.75. The highest BCUT2D eigenvalue weighted by molar-refractivity contribution is 5.96. The van der Waals surface area contributed by atoms with Gasteiger partial charge >= 0.3 is 5.63 Å². The van der Waals surface area contributed by atoms with E-state index in [0.29, 0.717) is 33.2 Å². The number of carboxylic acids is 1. The van der Waals surface area contributed by atoms with E-state index in [1.165, 1.54) is 12.1 Å². The fourth-order valence-corrected chi connectivity index (χ4v) is 4.58. The minimum absolute atomic E-state index is 0.0330. The molecule has 0 aliphatic rings. The molecule has 0 unspecified atom stereocenters. The number of amides is 1. The van der Waals surface area contributed by atoms with E-state index < -0.39 is 23.5 Å². The van der Waals surface area contributed by atoms with Crippen LogP contribution in [0.3, 0.4) is 0 Å². The summed E-state index contributed by atoms with van der Waals surface area (Å²) in [5.41, 5.74) is 3.82. The Labute approximate surface area is 204 Å². The number of aromatic amines is 1. The number of H-pyrrole nitrogens is 1. The summed E-state index contributed by atoms with van der Waals surface area (Å²) < 4.78 is 11.0. The number of aromatic hydroxyl groups is 1. The standard InChI is InChI=1S/C27H24N2O7/c1-13-12-35-23-10-24-19(9-18(13)23)14(2)17(27(34)36-24)4-6-25(31)29-22(26(32)33)7-15-11-28-21-5-3-16(30)8-20(15)21/h3,5,8-12,22,28,30H,4,6-7H2,1-2H3,(H,29,31)(H,32,33)/p-1/t22-/m0/s1. The topological polar surface area (TPSA) is 149 Å². The molecule has 0 aliphatic carbocycles. The number of aromatic nitrogens is 1. The van der Waals surface area contributed by atoms with E-state index in [1.54, 1.807) is 31.5 Å². The smallest absolute Gasteiger partial charge is 0.339 e. The number of carboxylic acid groups (broad SMARTS) is 1. The van der Waals surface area contributed by atoms with Gasteiger partial charge in [0.05, 0.1) is 18.3 Å². The SMILES string of the molecule is Cc1coc2cc3oc(=O)c(CCC(=O)N[C@@H](Cc4c[nH]c5ccc(O)cc45)C(=O)[O-])c(C)c3cc12. The predicted octanol–water partition coefficient (Wildman–Crippen LogP) is 2.75. The van der Waals surface area contributed by atoms with Crippen molar-refractivity contribution in [1.82, 2.24) is 10.3 Å². The Morgan fingerprint density at radius 2 is 1.92 bits per heavy atom. The molecule has 2 aromatic carbocycles. The molecule has 0 saturated heterocycles. The molecule has 0 bridgehead atoms. The summed E-state index contributed by atoms with van der Waals surface area (Å²) >= 11 is 0. The molecule has 5 aromatic rings. The summed E-state index contributed by atoms with van der Waals surface area (Å²) in [6, 6.07) is 7.01. The number of fused-ring (bicyclic) bond motifs is 3. The van der Waals surface area contributed by atoms with Crippen LogP contribution < -0.4 is 16.0 Å². The Bertz CT molecular complexity index is 1710. The average Bonchev–Trinajstić information content (AvgIpc) is 3.40. The summed E-state index contributed by atoms with van der Waals surface area (Å²) in [7, 11) is 0. The van der Waals surface area contributed by atoms with Gasteiger partial charge in [0, 0.05) is 52.3 Å². The lowest BCUT2D eigenvalue weighted by molar-refractivity contribution is -0.308. The number of phenolic OH excluding ortho intramolecular Hbond substituents is 1. The number of furan rings is 1. The van der Waals surface area contributed by atoms with Gasteiger partial charge in [-0.3, -0.25) is 4.79 Å². The fourth-order valence-electron chi connectivity index (χ4n) is 4.58. The molecule has 0 aliphatic heterocycles. The number of nitrogens with one attached hydrogen (secondary N) is 2. The minimum Gasteiger partial charge on any atom is -0.548 e. The van der Waals surface area contributed by atoms with Crippen LogP contribution in [0.4, 0.5) is 0 Å². The number of hydrogen-bond acceptors (Lipinski definition) is 7. The van der Waals surface area contributed by atoms with Gasteiger partial charge in [0.1, 0.15) is 16.9 Å². The van der Waals surface area contributed by atoms with Crippen molar-refractivity contribution in [3.63, 3.8) is 0 Å². The van der Waals surface area contributed by atoms with Crippen molar-refractivity contribution in [2.75, 3.05) is 0 Å². The molecule has 1 atom stereocenters. The molecular formula is C27H23N2O7-. The molecule has 0 fully saturated rings. The fraction of sp³-hybridized carbons (Fsp3) is 0.222. The van der Waals surface area contributed by atoms with Crippen molar-refractivity contribution in [1.29, 1.82) is 0 Å². The van der Waals surface area contributed by atoms with Crippen LogP contribution in [0.2, 0.25) is 0 Å². The normalized spacial score (nSPS) is 12.4. The summed E-state index contributed by atoms with van der Waals surface area (Å²) in [5, 5.41) is 26.3. The van der Waals surface area contributed by atoms with Crippen LogP contribution in [-0.2, 0) is 22.4 Å². The number of benzene rings is 2. The van der Waals surface area contributed by atoms with Crippen molar-refractivity contribution < 1.29 is 28.6 Å². The third-order valence-electron chi connectivity index (χ3n) is 6.57. The second-order valence-electron chi connectivity index (χ2n) is 8.94. The van der Waals surface area contributed by atoms with Crippen LogP contribution in [0.15, 0.2) is 56.4 Å². The van der Waals surface area contributed by atoms with E-state index in [-0.39, 0.29) is 25.0 Å². The number of aliphatic carboxylic acids is 1. The van der Waals surface area contributed by atoms with Crippen molar-refractivity contribution in [3.8, 4) is 5.75 Å². The third-order valence-corrected chi connectivity index (χ3v) is 6.57. The van der Waals surface area contributed by atoms with Crippen molar-refractivity contribution >= 4 is 44.7 Å². The molecule has 3 aromatic heterocycles. The molecule has 3 N–H and O–H groups in total. The first-order valence-corrected chi connectivity index (χ1v) is 11.4. The maximum atomic E-state index is 12.7. The largest absolute Gasteiger partial charge is 0.548 e. The summed E-state index contributed by atoms with van der Waals surface area (Å²) in [6.45, 7) is 3.72. The number of aryl methyl sites for hydroxylation is 2. The maximum absolute atomic E-state index is 12.7. The zero-order valence-corrected chi connectivity index (χ0v) is 19.6. The highest BCUT2D eigenvalue weighted by Gasteiger charge is 2.19. The van der Waals surface area contributed by atoms with Gasteiger partial charge in [-0.15, -0.1) is 0 Å². The number of carbonyl (C=O) groups excluding carboxylic acids is 2. The quantitative estimate of drug-likeness (QED) is 0.299. The van der Waals surface area contributed by atoms with Crippen LogP contribution in [-0.4, -0.2) is 28.0 Å². The van der Waals surface area contributed by atoms with E-state index in [2.05, 4.69) is 10.3 Å². The molecule has 184 valence electrons. The summed E-state index contributed by atoms with van der Waals surface area (Å²) in [6.07, 6.45) is 3.21. The molecule has 36 heavy (non-hydrogen) atoms. The predicted molar refractivity (Wildman–Crippen MR) is 131 cm³/mol. The molecule has 9 heteroatoms. The van der Waals surface area contributed by atoms with Crippen LogP contribution in [0.1, 0.15) is 28.7 Å². The molecular weight excluding hydrogens is 464 g/mol. The van der Waals surface area contributed by atoms with Gasteiger partial charge in [-0.1, -0.05) is 0 Å². The van der Waals surface area contributed by atoms with E-state index in [4.69, 9.17) is 8.83 Å². The first-order valence-electron chi connectivity index (χ1n) is 11.4. The van der Waals surface area contributed by atoms with Gasteiger partial charge in [0.25, 0.3) is 0 Å². The first-order chi connectivity index (χ1) is 17.2. The lowest BCUT2D eigenvalue weighted by Crippen LogP contribution is -2.49. The first kappa shape index (κ1) is 23.2. The molecule has 0 spiro atoms. The number of hydrogen-bond donors (Lipinski definition) is 3. The lowest BCUT2D eigenvalue weighted by Gasteiger charge is -2.19. The average molecular weight is 487 g/mol. The molecule has 0 radical (unpaired) electrons. The summed E-state index contributed by atoms with van der Waals surface area (Å²) in [4.78, 5) is 40.1. The van der Waals surface area contributed by atoms with Crippen molar-refractivity contribution in [3.05, 3.63) is 75.5 Å². The zero-order valence-electron chi connectivity index (χ0n) is 19.6. The van der Waals surface area contributed by atoms with Gasteiger partial charge in [0.2, 0.25) is 5.91 Å². The second kappa shape index (κ2) is 8.92. The van der Waals surface area contributed by atoms with Gasteiger partial charge in [-0.05, 0) is 61.2 Å². The van der Waals surface area contributed by atoms with E-state index in [0.717, 1.165) is 21.9 Å². The lowest BCUT2D eigenvalue weighted by atomic mass is 10.00. The van der Waals surface area contributed by atoms with E-state index in [1.807, 2.05) is 13.0 Å². The van der Waals surface area contributed by atoms with Crippen LogP contribution in [0.5, 0.6) is 5.75 Å². The Morgan fingerprint density at radius 3 is 2.69 bits per heavy atom. The molecule has 3 heterocycles. The second-order valence-corrected chi connectivity index (χ2v) is 8.94. The Balaban J connectivity index is 1.33. The third kappa shape index (κ3) is 4.19. The molecule has 0 saturated carbocycles. The Hall–Kier alpha value is -4.53. The number of phenols is 1. The van der Waals surface area contributed by atoms with Gasteiger partial charge in [0.15, 0.2) is 0 Å². The van der Waals surface area contributed by atoms with Crippen LogP contribution in [0, 0.1) is 13.8 Å². The zero-order chi connectivity index (χ0) is 25.6. The molecule has 9 nitrogen and oxygen atoms in total. The maximum Gasteiger partial charge on any atom is 0.339 e. The van der Waals surface area contributed by atoms with Gasteiger partial charge in [-0.2, -0.15) is 0 Å². The Morgan fingerprint density at radius 1 is 1.11 bits per heavy atom. The minimum atomic E-state index is -1.43. The number of rotatable bonds is 7. The highest BCUT2D eigenvalue weighted by Crippen LogP contribution is 2.29. The van der Waals surface area contributed by atoms with Crippen molar-refractivity contribution in [2.24, 2.45) is 0 Å². The van der Waals surface area contributed by atoms with Crippen LogP contribution >= 0.6 is 0 Å². The van der Waals surface area contributed by atoms with Crippen LogP contribution in [0.25, 0.3) is 32.8 Å². The monoisotopic (exact) mass is 487 g/mol. The van der Waals surface area contributed by atoms with E-state index >= 15 is 0 Å². The number of carbonyl (C=O) groups is 2. The van der Waals surface area contributed by atoms with Gasteiger partial charge < -0.3 is 34.1 Å². The van der Waals surface area contributed by atoms with E-state index in [9.17, 15) is 24.6 Å². The molecule has 5 rings (SSSR count). The highest BCUT2D eigenvalue weighted by atomic mass is 16.4. The van der Waals surface area contributed by atoms with Gasteiger partial charge in [-0.25, -0.2) is 4.79 Å². The molecule has 1 amide bonds. The summed E-state index contributed by atoms with van der Waals surface area (Å²) in [5.74, 6) is -1.92.